The highest BCUT2D eigenvalue weighted by Gasteiger charge is 2.21. The summed E-state index contributed by atoms with van der Waals surface area (Å²) in [6.45, 7) is 0. The fraction of sp³-hybridized carbons (Fsp3) is 0.174. The van der Waals surface area contributed by atoms with Crippen LogP contribution in [0.5, 0.6) is 11.5 Å². The molecular weight excluding hydrogens is 632 g/mol. The second-order valence-electron chi connectivity index (χ2n) is 8.03. The third-order valence-electron chi connectivity index (χ3n) is 5.63. The van der Waals surface area contributed by atoms with Gasteiger partial charge in [0.05, 0.1) is 42.6 Å². The van der Waals surface area contributed by atoms with E-state index in [9.17, 15) is 25.0 Å². The molecule has 0 atom stereocenters. The molecule has 13 nitrogen and oxygen atoms in total. The molecule has 0 amide bonds. The molecule has 0 spiro atoms. The van der Waals surface area contributed by atoms with Gasteiger partial charge < -0.3 is 9.47 Å². The van der Waals surface area contributed by atoms with Crippen LogP contribution in [-0.4, -0.2) is 35.6 Å². The van der Waals surface area contributed by atoms with Crippen LogP contribution >= 0.6 is 31.9 Å². The summed E-state index contributed by atoms with van der Waals surface area (Å²) in [4.78, 5) is 34.4. The Balaban J connectivity index is 1.63. The van der Waals surface area contributed by atoms with E-state index in [-0.39, 0.29) is 35.7 Å². The van der Waals surface area contributed by atoms with Crippen LogP contribution in [0, 0.1) is 20.2 Å². The summed E-state index contributed by atoms with van der Waals surface area (Å²) >= 11 is 6.79. The number of aryl methyl sites for hydroxylation is 2. The van der Waals surface area contributed by atoms with Crippen molar-refractivity contribution in [3.8, 4) is 11.5 Å². The first kappa shape index (κ1) is 26.9. The number of ether oxygens (including phenoxy) is 2. The van der Waals surface area contributed by atoms with Gasteiger partial charge in [-0.05, 0) is 44.0 Å². The zero-order chi connectivity index (χ0) is 27.6. The number of benzene rings is 2. The van der Waals surface area contributed by atoms with Gasteiger partial charge in [0.25, 0.3) is 11.4 Å². The molecule has 0 unspecified atom stereocenters. The minimum absolute atomic E-state index is 0.0477. The smallest absolute Gasteiger partial charge is 0.394 e. The predicted octanol–water partition coefficient (Wildman–Crippen LogP) is 5.25. The first-order chi connectivity index (χ1) is 18.0. The topological polar surface area (TPSA) is 157 Å². The molecule has 0 saturated carbocycles. The van der Waals surface area contributed by atoms with Crippen molar-refractivity contribution in [3.05, 3.63) is 100 Å². The lowest BCUT2D eigenvalue weighted by Gasteiger charge is -2.13. The van der Waals surface area contributed by atoms with Crippen molar-refractivity contribution in [1.29, 1.82) is 0 Å². The molecule has 196 valence electrons. The minimum atomic E-state index is -1.12. The Morgan fingerprint density at radius 1 is 0.816 bits per heavy atom. The highest BCUT2D eigenvalue weighted by atomic mass is 79.9. The minimum Gasteiger partial charge on any atom is -0.394 e. The van der Waals surface area contributed by atoms with Gasteiger partial charge in [0.1, 0.15) is 11.5 Å². The van der Waals surface area contributed by atoms with Gasteiger partial charge in [-0.3, -0.25) is 29.6 Å². The van der Waals surface area contributed by atoms with Crippen molar-refractivity contribution in [3.63, 3.8) is 0 Å². The van der Waals surface area contributed by atoms with E-state index in [4.69, 9.17) is 9.47 Å². The van der Waals surface area contributed by atoms with Gasteiger partial charge in [-0.25, -0.2) is 4.79 Å². The molecule has 2 aromatic carbocycles. The number of nitro benzene ring substituents is 2. The Bertz CT molecular complexity index is 1410. The average Bonchev–Trinajstić information content (AvgIpc) is 3.36. The van der Waals surface area contributed by atoms with Crippen LogP contribution in [-0.2, 0) is 26.9 Å². The fourth-order valence-corrected chi connectivity index (χ4v) is 4.64. The zero-order valence-electron chi connectivity index (χ0n) is 19.8. The van der Waals surface area contributed by atoms with Crippen molar-refractivity contribution in [1.82, 2.24) is 19.6 Å². The number of halogens is 2. The molecule has 0 N–H and O–H groups in total. The van der Waals surface area contributed by atoms with Gasteiger partial charge in [0.2, 0.25) is 0 Å². The molecule has 15 heteroatoms. The zero-order valence-corrected chi connectivity index (χ0v) is 23.0. The molecular formula is C23H18Br2N6O7. The maximum absolute atomic E-state index is 12.8. The monoisotopic (exact) mass is 648 g/mol. The third-order valence-corrected chi connectivity index (χ3v) is 6.96. The first-order valence-electron chi connectivity index (χ1n) is 10.8. The van der Waals surface area contributed by atoms with Crippen molar-refractivity contribution >= 4 is 49.4 Å². The normalized spacial score (nSPS) is 10.8. The summed E-state index contributed by atoms with van der Waals surface area (Å²) in [5.41, 5.74) is 1.73. The number of rotatable bonds is 8. The van der Waals surface area contributed by atoms with E-state index in [1.165, 1.54) is 36.4 Å². The van der Waals surface area contributed by atoms with Crippen LogP contribution < -0.4 is 9.47 Å². The lowest BCUT2D eigenvalue weighted by atomic mass is 10.1. The lowest BCUT2D eigenvalue weighted by Crippen LogP contribution is -2.16. The highest BCUT2D eigenvalue weighted by Crippen LogP contribution is 2.31. The largest absolute Gasteiger partial charge is 0.519 e. The average molecular weight is 650 g/mol. The molecule has 4 aromatic rings. The quantitative estimate of drug-likeness (QED) is 0.107. The van der Waals surface area contributed by atoms with Crippen molar-refractivity contribution < 1.29 is 24.1 Å². The van der Waals surface area contributed by atoms with Crippen LogP contribution in [0.2, 0.25) is 0 Å². The highest BCUT2D eigenvalue weighted by molar-refractivity contribution is 9.10. The van der Waals surface area contributed by atoms with E-state index in [0.29, 0.717) is 31.5 Å². The van der Waals surface area contributed by atoms with Gasteiger partial charge in [0, 0.05) is 62.3 Å². The number of aromatic nitrogens is 4. The number of carbonyl (C=O) groups excluding carboxylic acids is 1. The Labute approximate surface area is 231 Å². The maximum Gasteiger partial charge on any atom is 0.519 e. The second kappa shape index (κ2) is 11.1. The van der Waals surface area contributed by atoms with Crippen LogP contribution in [0.3, 0.4) is 0 Å². The van der Waals surface area contributed by atoms with Gasteiger partial charge in [0.15, 0.2) is 0 Å². The van der Waals surface area contributed by atoms with Crippen molar-refractivity contribution in [2.45, 2.75) is 12.8 Å². The summed E-state index contributed by atoms with van der Waals surface area (Å²) in [7, 11) is 3.42. The Morgan fingerprint density at radius 3 is 1.53 bits per heavy atom. The van der Waals surface area contributed by atoms with E-state index in [0.717, 1.165) is 0 Å². The van der Waals surface area contributed by atoms with E-state index in [1.54, 1.807) is 35.9 Å². The summed E-state index contributed by atoms with van der Waals surface area (Å²) in [6, 6.07) is 7.65. The third kappa shape index (κ3) is 5.89. The molecule has 0 bridgehead atoms. The Kier molecular flexibility index (Phi) is 7.87. The molecule has 2 heterocycles. The van der Waals surface area contributed by atoms with E-state index in [1.807, 2.05) is 0 Å². The van der Waals surface area contributed by atoms with Crippen LogP contribution in [0.1, 0.15) is 22.5 Å². The molecule has 38 heavy (non-hydrogen) atoms. The number of nitro groups is 2. The number of carbonyl (C=O) groups is 1. The molecule has 4 rings (SSSR count). The van der Waals surface area contributed by atoms with E-state index in [2.05, 4.69) is 42.1 Å². The second-order valence-corrected chi connectivity index (χ2v) is 9.74. The molecule has 0 saturated heterocycles. The molecule has 2 aromatic heterocycles. The van der Waals surface area contributed by atoms with Gasteiger partial charge in [-0.2, -0.15) is 10.2 Å². The SMILES string of the molecule is Cn1ncc(Br)c1Cc1cc([N+](=O)[O-])ccc1OC(=O)Oc1ccc([N+](=O)[O-])cc1Cc1c(Br)cnn1C. The molecule has 0 radical (unpaired) electrons. The molecule has 0 aliphatic carbocycles. The lowest BCUT2D eigenvalue weighted by molar-refractivity contribution is -0.385. The van der Waals surface area contributed by atoms with Crippen molar-refractivity contribution in [2.75, 3.05) is 0 Å². The maximum atomic E-state index is 12.8. The standard InChI is InChI=1S/C23H18Br2N6O7/c1-28-19(17(24)11-26-28)9-13-7-15(30(33)34)3-5-21(13)37-23(32)38-22-6-4-16(31(35)36)8-14(22)10-20-18(25)12-27-29(20)2/h3-8,11-12H,9-10H2,1-2H3. The molecule has 0 aliphatic rings. The van der Waals surface area contributed by atoms with Gasteiger partial charge >= 0.3 is 6.16 Å². The molecule has 0 aliphatic heterocycles. The Morgan fingerprint density at radius 2 is 1.21 bits per heavy atom. The number of non-ortho nitro benzene ring substituents is 2. The summed E-state index contributed by atoms with van der Waals surface area (Å²) in [5, 5.41) is 31.0. The van der Waals surface area contributed by atoms with Gasteiger partial charge in [-0.1, -0.05) is 0 Å². The summed E-state index contributed by atoms with van der Waals surface area (Å²) in [5.74, 6) is 0.0954. The summed E-state index contributed by atoms with van der Waals surface area (Å²) in [6.07, 6.45) is 2.37. The Hall–Kier alpha value is -4.11. The number of hydrogen-bond donors (Lipinski definition) is 0. The fourth-order valence-electron chi connectivity index (χ4n) is 3.67. The van der Waals surface area contributed by atoms with Crippen LogP contribution in [0.15, 0.2) is 57.7 Å². The first-order valence-corrected chi connectivity index (χ1v) is 12.4. The number of nitrogens with zero attached hydrogens (tertiary/aromatic N) is 6. The number of hydrogen-bond acceptors (Lipinski definition) is 9. The van der Waals surface area contributed by atoms with Crippen LogP contribution in [0.25, 0.3) is 0 Å². The summed E-state index contributed by atoms with van der Waals surface area (Å²) < 4.78 is 15.4. The van der Waals surface area contributed by atoms with Gasteiger partial charge in [-0.15, -0.1) is 0 Å². The predicted molar refractivity (Wildman–Crippen MR) is 140 cm³/mol. The van der Waals surface area contributed by atoms with Crippen LogP contribution in [0.4, 0.5) is 16.2 Å². The van der Waals surface area contributed by atoms with E-state index < -0.39 is 16.0 Å². The van der Waals surface area contributed by atoms with E-state index >= 15 is 0 Å². The molecule has 0 fully saturated rings. The van der Waals surface area contributed by atoms with Crippen molar-refractivity contribution in [2.24, 2.45) is 14.1 Å².